The van der Waals surface area contributed by atoms with Gasteiger partial charge in [0, 0.05) is 37.2 Å². The summed E-state index contributed by atoms with van der Waals surface area (Å²) in [6, 6.07) is 5.28. The van der Waals surface area contributed by atoms with Crippen LogP contribution in [0.25, 0.3) is 0 Å². The SMILES string of the molecule is COCCNc1nc(C)cc(Nc2ccc(F)c(F)c2)n1. The van der Waals surface area contributed by atoms with Crippen molar-refractivity contribution in [3.8, 4) is 0 Å². The van der Waals surface area contributed by atoms with E-state index < -0.39 is 11.6 Å². The van der Waals surface area contributed by atoms with Gasteiger partial charge in [-0.2, -0.15) is 4.98 Å². The second-order valence-corrected chi connectivity index (χ2v) is 4.39. The number of methoxy groups -OCH3 is 1. The van der Waals surface area contributed by atoms with E-state index in [0.717, 1.165) is 17.8 Å². The lowest BCUT2D eigenvalue weighted by molar-refractivity contribution is 0.210. The third-order valence-corrected chi connectivity index (χ3v) is 2.64. The molecule has 1 heterocycles. The Bertz CT molecular complexity index is 622. The number of nitrogens with one attached hydrogen (secondary N) is 2. The van der Waals surface area contributed by atoms with E-state index in [0.29, 0.717) is 30.6 Å². The summed E-state index contributed by atoms with van der Waals surface area (Å²) in [7, 11) is 1.61. The molecule has 7 heteroatoms. The van der Waals surface area contributed by atoms with Crippen LogP contribution in [0.2, 0.25) is 0 Å². The van der Waals surface area contributed by atoms with E-state index in [4.69, 9.17) is 4.74 Å². The first-order valence-corrected chi connectivity index (χ1v) is 6.39. The summed E-state index contributed by atoms with van der Waals surface area (Å²) in [6.07, 6.45) is 0. The van der Waals surface area contributed by atoms with E-state index in [2.05, 4.69) is 20.6 Å². The lowest BCUT2D eigenvalue weighted by atomic mass is 10.3. The topological polar surface area (TPSA) is 59.1 Å². The van der Waals surface area contributed by atoms with Gasteiger partial charge in [-0.25, -0.2) is 13.8 Å². The van der Waals surface area contributed by atoms with Crippen molar-refractivity contribution in [3.63, 3.8) is 0 Å². The minimum absolute atomic E-state index is 0.412. The van der Waals surface area contributed by atoms with Crippen molar-refractivity contribution >= 4 is 17.5 Å². The van der Waals surface area contributed by atoms with Gasteiger partial charge in [0.05, 0.1) is 6.61 Å². The molecule has 5 nitrogen and oxygen atoms in total. The van der Waals surface area contributed by atoms with Crippen LogP contribution >= 0.6 is 0 Å². The van der Waals surface area contributed by atoms with Crippen molar-refractivity contribution in [2.45, 2.75) is 6.92 Å². The Morgan fingerprint density at radius 1 is 1.14 bits per heavy atom. The molecule has 0 saturated heterocycles. The van der Waals surface area contributed by atoms with Gasteiger partial charge < -0.3 is 15.4 Å². The van der Waals surface area contributed by atoms with E-state index in [1.54, 1.807) is 13.2 Å². The number of anilines is 3. The van der Waals surface area contributed by atoms with Crippen molar-refractivity contribution in [2.75, 3.05) is 30.9 Å². The van der Waals surface area contributed by atoms with Crippen LogP contribution in [0.4, 0.5) is 26.2 Å². The minimum Gasteiger partial charge on any atom is -0.383 e. The van der Waals surface area contributed by atoms with Gasteiger partial charge in [-0.3, -0.25) is 0 Å². The monoisotopic (exact) mass is 294 g/mol. The van der Waals surface area contributed by atoms with Crippen LogP contribution in [0.5, 0.6) is 0 Å². The van der Waals surface area contributed by atoms with Gasteiger partial charge in [0.25, 0.3) is 0 Å². The quantitative estimate of drug-likeness (QED) is 0.802. The second-order valence-electron chi connectivity index (χ2n) is 4.39. The molecule has 2 rings (SSSR count). The molecule has 0 aliphatic rings. The number of benzene rings is 1. The molecular weight excluding hydrogens is 278 g/mol. The molecule has 0 unspecified atom stereocenters. The van der Waals surface area contributed by atoms with Crippen LogP contribution in [0.1, 0.15) is 5.69 Å². The minimum atomic E-state index is -0.913. The summed E-state index contributed by atoms with van der Waals surface area (Å²) in [4.78, 5) is 8.47. The maximum absolute atomic E-state index is 13.2. The van der Waals surface area contributed by atoms with Crippen molar-refractivity contribution in [1.82, 2.24) is 9.97 Å². The molecule has 0 atom stereocenters. The predicted molar refractivity (Wildman–Crippen MR) is 76.8 cm³/mol. The molecule has 112 valence electrons. The van der Waals surface area contributed by atoms with Crippen molar-refractivity contribution in [3.05, 3.63) is 41.6 Å². The largest absolute Gasteiger partial charge is 0.383 e. The summed E-state index contributed by atoms with van der Waals surface area (Å²) >= 11 is 0. The fourth-order valence-corrected chi connectivity index (χ4v) is 1.70. The Balaban J connectivity index is 2.13. The number of aryl methyl sites for hydroxylation is 1. The number of aromatic nitrogens is 2. The molecule has 0 aliphatic heterocycles. The number of halogens is 2. The van der Waals surface area contributed by atoms with Gasteiger partial charge in [-0.05, 0) is 19.1 Å². The molecule has 0 radical (unpaired) electrons. The number of nitrogens with zero attached hydrogens (tertiary/aromatic N) is 2. The van der Waals surface area contributed by atoms with E-state index in [-0.39, 0.29) is 0 Å². The van der Waals surface area contributed by atoms with Gasteiger partial charge >= 0.3 is 0 Å². The maximum Gasteiger partial charge on any atom is 0.224 e. The molecular formula is C14H16F2N4O. The van der Waals surface area contributed by atoms with Crippen molar-refractivity contribution in [2.24, 2.45) is 0 Å². The highest BCUT2D eigenvalue weighted by molar-refractivity contribution is 5.57. The Morgan fingerprint density at radius 2 is 1.95 bits per heavy atom. The molecule has 1 aromatic heterocycles. The van der Waals surface area contributed by atoms with Gasteiger partial charge in [0.1, 0.15) is 5.82 Å². The van der Waals surface area contributed by atoms with Crippen LogP contribution < -0.4 is 10.6 Å². The van der Waals surface area contributed by atoms with Crippen molar-refractivity contribution in [1.29, 1.82) is 0 Å². The predicted octanol–water partition coefficient (Wildman–Crippen LogP) is 2.87. The van der Waals surface area contributed by atoms with Gasteiger partial charge in [-0.1, -0.05) is 0 Å². The standard InChI is InChI=1S/C14H16F2N4O/c1-9-7-13(20-14(18-9)17-5-6-21-2)19-10-3-4-11(15)12(16)8-10/h3-4,7-8H,5-6H2,1-2H3,(H2,17,18,19,20). The first kappa shape index (κ1) is 15.1. The Morgan fingerprint density at radius 3 is 2.67 bits per heavy atom. The van der Waals surface area contributed by atoms with Crippen molar-refractivity contribution < 1.29 is 13.5 Å². The molecule has 0 aliphatic carbocycles. The summed E-state index contributed by atoms with van der Waals surface area (Å²) in [5, 5.41) is 5.93. The zero-order valence-corrected chi connectivity index (χ0v) is 11.8. The molecule has 0 spiro atoms. The lowest BCUT2D eigenvalue weighted by Gasteiger charge is -2.10. The first-order chi connectivity index (χ1) is 10.1. The zero-order chi connectivity index (χ0) is 15.2. The molecule has 0 bridgehead atoms. The highest BCUT2D eigenvalue weighted by Crippen LogP contribution is 2.19. The van der Waals surface area contributed by atoms with E-state index in [9.17, 15) is 8.78 Å². The molecule has 0 fully saturated rings. The fourth-order valence-electron chi connectivity index (χ4n) is 1.70. The maximum atomic E-state index is 13.2. The Hall–Kier alpha value is -2.28. The molecule has 21 heavy (non-hydrogen) atoms. The smallest absolute Gasteiger partial charge is 0.224 e. The van der Waals surface area contributed by atoms with Gasteiger partial charge in [-0.15, -0.1) is 0 Å². The van der Waals surface area contributed by atoms with Gasteiger partial charge in [0.15, 0.2) is 11.6 Å². The van der Waals surface area contributed by atoms with Gasteiger partial charge in [0.2, 0.25) is 5.95 Å². The summed E-state index contributed by atoms with van der Waals surface area (Å²) in [5.41, 5.74) is 1.16. The highest BCUT2D eigenvalue weighted by Gasteiger charge is 2.05. The molecule has 2 N–H and O–H groups in total. The van der Waals surface area contributed by atoms with Crippen LogP contribution in [-0.4, -0.2) is 30.2 Å². The van der Waals surface area contributed by atoms with Crippen LogP contribution in [0.3, 0.4) is 0 Å². The third kappa shape index (κ3) is 4.35. The van der Waals surface area contributed by atoms with Crippen LogP contribution in [-0.2, 0) is 4.74 Å². The first-order valence-electron chi connectivity index (χ1n) is 6.39. The second kappa shape index (κ2) is 6.94. The summed E-state index contributed by atoms with van der Waals surface area (Å²) < 4.78 is 31.0. The summed E-state index contributed by atoms with van der Waals surface area (Å²) in [5.74, 6) is -0.865. The number of ether oxygens (including phenoxy) is 1. The van der Waals surface area contributed by atoms with E-state index in [1.165, 1.54) is 6.07 Å². The average molecular weight is 294 g/mol. The molecule has 2 aromatic rings. The zero-order valence-electron chi connectivity index (χ0n) is 11.8. The number of rotatable bonds is 6. The average Bonchev–Trinajstić information content (AvgIpc) is 2.43. The molecule has 0 amide bonds. The van der Waals surface area contributed by atoms with Crippen LogP contribution in [0.15, 0.2) is 24.3 Å². The normalized spacial score (nSPS) is 10.5. The molecule has 1 aromatic carbocycles. The lowest BCUT2D eigenvalue weighted by Crippen LogP contribution is -2.11. The third-order valence-electron chi connectivity index (χ3n) is 2.64. The number of hydrogen-bond acceptors (Lipinski definition) is 5. The number of hydrogen-bond donors (Lipinski definition) is 2. The fraction of sp³-hybridized carbons (Fsp3) is 0.286. The Kier molecular flexibility index (Phi) is 4.99. The van der Waals surface area contributed by atoms with E-state index >= 15 is 0 Å². The molecule has 0 saturated carbocycles. The Labute approximate surface area is 121 Å². The van der Waals surface area contributed by atoms with E-state index in [1.807, 2.05) is 6.92 Å². The highest BCUT2D eigenvalue weighted by atomic mass is 19.2. The van der Waals surface area contributed by atoms with Crippen LogP contribution in [0, 0.1) is 18.6 Å². The summed E-state index contributed by atoms with van der Waals surface area (Å²) in [6.45, 7) is 2.92.